The van der Waals surface area contributed by atoms with Crippen LogP contribution in [0.25, 0.3) is 0 Å². The van der Waals surface area contributed by atoms with E-state index < -0.39 is 24.4 Å². The smallest absolute Gasteiger partial charge is 0.256 e. The molecule has 0 aromatic rings. The average Bonchev–Trinajstić information content (AvgIpc) is 2.28. The lowest BCUT2D eigenvalue weighted by Gasteiger charge is -2.20. The summed E-state index contributed by atoms with van der Waals surface area (Å²) in [5.74, 6) is -0.781. The van der Waals surface area contributed by atoms with Crippen molar-refractivity contribution in [2.75, 3.05) is 6.61 Å². The maximum absolute atomic E-state index is 12.1. The van der Waals surface area contributed by atoms with Crippen LogP contribution in [0.2, 0.25) is 0 Å². The fraction of sp³-hybridized carbons (Fsp3) is 1.00. The molecule has 2 N–H and O–H groups in total. The van der Waals surface area contributed by atoms with Crippen LogP contribution < -0.4 is 5.73 Å². The molecule has 0 bridgehead atoms. The van der Waals surface area contributed by atoms with Gasteiger partial charge in [0.25, 0.3) is 6.43 Å². The second-order valence-corrected chi connectivity index (χ2v) is 3.28. The zero-order valence-electron chi connectivity index (χ0n) is 7.09. The van der Waals surface area contributed by atoms with E-state index in [-0.39, 0.29) is 6.61 Å². The van der Waals surface area contributed by atoms with E-state index in [1.807, 2.05) is 0 Å². The van der Waals surface area contributed by atoms with Crippen LogP contribution >= 0.6 is 0 Å². The lowest BCUT2D eigenvalue weighted by atomic mass is 10.2. The van der Waals surface area contributed by atoms with Crippen LogP contribution in [-0.2, 0) is 9.47 Å². The molecule has 3 nitrogen and oxygen atoms in total. The van der Waals surface area contributed by atoms with Gasteiger partial charge in [0, 0.05) is 0 Å². The van der Waals surface area contributed by atoms with Crippen molar-refractivity contribution < 1.29 is 18.3 Å². The quantitative estimate of drug-likeness (QED) is 0.683. The molecule has 0 aliphatic carbocycles. The topological polar surface area (TPSA) is 44.5 Å². The van der Waals surface area contributed by atoms with Gasteiger partial charge in [-0.1, -0.05) is 0 Å². The predicted octanol–water partition coefficient (Wildman–Crippen LogP) is 0.730. The van der Waals surface area contributed by atoms with Gasteiger partial charge in [-0.15, -0.1) is 0 Å². The molecule has 1 rings (SSSR count). The molecule has 0 spiro atoms. The largest absolute Gasteiger partial charge is 0.348 e. The second kappa shape index (κ2) is 3.24. The summed E-state index contributed by atoms with van der Waals surface area (Å²) in [6, 6.07) is -1.26. The number of rotatable bonds is 2. The zero-order valence-corrected chi connectivity index (χ0v) is 7.09. The van der Waals surface area contributed by atoms with Gasteiger partial charge in [0.1, 0.15) is 6.10 Å². The summed E-state index contributed by atoms with van der Waals surface area (Å²) in [5.41, 5.74) is 5.19. The van der Waals surface area contributed by atoms with Gasteiger partial charge in [-0.3, -0.25) is 0 Å². The van der Waals surface area contributed by atoms with Gasteiger partial charge in [0.05, 0.1) is 12.6 Å². The zero-order chi connectivity index (χ0) is 9.35. The third-order valence-corrected chi connectivity index (χ3v) is 1.75. The third-order valence-electron chi connectivity index (χ3n) is 1.75. The molecule has 12 heavy (non-hydrogen) atoms. The molecule has 0 aromatic heterocycles. The summed E-state index contributed by atoms with van der Waals surface area (Å²) >= 11 is 0. The molecule has 1 aliphatic heterocycles. The fourth-order valence-electron chi connectivity index (χ4n) is 1.07. The van der Waals surface area contributed by atoms with Gasteiger partial charge in [-0.05, 0) is 13.8 Å². The molecule has 5 heteroatoms. The van der Waals surface area contributed by atoms with Gasteiger partial charge in [0.15, 0.2) is 5.79 Å². The Kier molecular flexibility index (Phi) is 2.65. The van der Waals surface area contributed by atoms with Crippen molar-refractivity contribution in [3.63, 3.8) is 0 Å². The van der Waals surface area contributed by atoms with Crippen molar-refractivity contribution >= 4 is 0 Å². The highest BCUT2D eigenvalue weighted by Crippen LogP contribution is 2.25. The summed E-state index contributed by atoms with van der Waals surface area (Å²) < 4.78 is 34.4. The highest BCUT2D eigenvalue weighted by atomic mass is 19.3. The van der Waals surface area contributed by atoms with Crippen molar-refractivity contribution in [1.82, 2.24) is 0 Å². The second-order valence-electron chi connectivity index (χ2n) is 3.28. The average molecular weight is 181 g/mol. The molecule has 1 aliphatic rings. The van der Waals surface area contributed by atoms with E-state index in [2.05, 4.69) is 0 Å². The van der Waals surface area contributed by atoms with Crippen LogP contribution in [0.4, 0.5) is 8.78 Å². The van der Waals surface area contributed by atoms with Crippen LogP contribution in [0.1, 0.15) is 13.8 Å². The Morgan fingerprint density at radius 2 is 2.08 bits per heavy atom. The first-order chi connectivity index (χ1) is 5.42. The van der Waals surface area contributed by atoms with Crippen molar-refractivity contribution in [3.05, 3.63) is 0 Å². The molecule has 1 saturated heterocycles. The monoisotopic (exact) mass is 181 g/mol. The molecular formula is C7H13F2NO2. The van der Waals surface area contributed by atoms with Gasteiger partial charge in [-0.25, -0.2) is 8.78 Å². The van der Waals surface area contributed by atoms with Gasteiger partial charge >= 0.3 is 0 Å². The minimum Gasteiger partial charge on any atom is -0.348 e. The van der Waals surface area contributed by atoms with Crippen LogP contribution in [0.15, 0.2) is 0 Å². The van der Waals surface area contributed by atoms with Crippen molar-refractivity contribution in [2.45, 2.75) is 38.2 Å². The van der Waals surface area contributed by atoms with Crippen LogP contribution in [0.5, 0.6) is 0 Å². The predicted molar refractivity (Wildman–Crippen MR) is 38.9 cm³/mol. The summed E-state index contributed by atoms with van der Waals surface area (Å²) in [7, 11) is 0. The Labute approximate surface area is 69.8 Å². The van der Waals surface area contributed by atoms with Crippen molar-refractivity contribution in [2.24, 2.45) is 5.73 Å². The van der Waals surface area contributed by atoms with Crippen molar-refractivity contribution in [1.29, 1.82) is 0 Å². The first-order valence-electron chi connectivity index (χ1n) is 3.78. The van der Waals surface area contributed by atoms with E-state index in [0.29, 0.717) is 0 Å². The fourth-order valence-corrected chi connectivity index (χ4v) is 1.07. The molecule has 0 radical (unpaired) electrons. The first-order valence-corrected chi connectivity index (χ1v) is 3.78. The van der Waals surface area contributed by atoms with E-state index in [9.17, 15) is 8.78 Å². The minimum atomic E-state index is -2.56. The molecule has 2 atom stereocenters. The Balaban J connectivity index is 2.47. The number of halogens is 2. The first kappa shape index (κ1) is 9.83. The molecule has 72 valence electrons. The van der Waals surface area contributed by atoms with E-state index in [0.717, 1.165) is 0 Å². The third kappa shape index (κ3) is 2.12. The number of hydrogen-bond donors (Lipinski definition) is 1. The van der Waals surface area contributed by atoms with Gasteiger partial charge < -0.3 is 15.2 Å². The number of nitrogens with two attached hydrogens (primary N) is 1. The lowest BCUT2D eigenvalue weighted by molar-refractivity contribution is -0.144. The number of ether oxygens (including phenoxy) is 2. The maximum Gasteiger partial charge on any atom is 0.256 e. The van der Waals surface area contributed by atoms with E-state index in [4.69, 9.17) is 15.2 Å². The molecule has 0 aromatic carbocycles. The Bertz CT molecular complexity index is 163. The molecule has 1 fully saturated rings. The highest BCUT2D eigenvalue weighted by Gasteiger charge is 2.39. The number of hydrogen-bond acceptors (Lipinski definition) is 3. The molecule has 0 amide bonds. The summed E-state index contributed by atoms with van der Waals surface area (Å²) in [5, 5.41) is 0. The molecule has 1 heterocycles. The van der Waals surface area contributed by atoms with E-state index >= 15 is 0 Å². The Hall–Kier alpha value is -0.260. The molecular weight excluding hydrogens is 168 g/mol. The Morgan fingerprint density at radius 1 is 1.50 bits per heavy atom. The van der Waals surface area contributed by atoms with Gasteiger partial charge in [-0.2, -0.15) is 0 Å². The normalized spacial score (nSPS) is 31.0. The maximum atomic E-state index is 12.1. The van der Waals surface area contributed by atoms with Crippen molar-refractivity contribution in [3.8, 4) is 0 Å². The highest BCUT2D eigenvalue weighted by molar-refractivity contribution is 4.81. The van der Waals surface area contributed by atoms with Crippen LogP contribution in [0.3, 0.4) is 0 Å². The molecule has 2 unspecified atom stereocenters. The summed E-state index contributed by atoms with van der Waals surface area (Å²) in [6.07, 6.45) is -3.26. The lowest BCUT2D eigenvalue weighted by Crippen LogP contribution is -2.43. The van der Waals surface area contributed by atoms with Crippen LogP contribution in [0, 0.1) is 0 Å². The minimum absolute atomic E-state index is 0.137. The number of alkyl halides is 2. The Morgan fingerprint density at radius 3 is 2.42 bits per heavy atom. The van der Waals surface area contributed by atoms with E-state index in [1.54, 1.807) is 13.8 Å². The summed E-state index contributed by atoms with van der Waals surface area (Å²) in [4.78, 5) is 0. The SMILES string of the molecule is CC1(C)OCC(C(N)C(F)F)O1. The van der Waals surface area contributed by atoms with Gasteiger partial charge in [0.2, 0.25) is 0 Å². The molecule has 0 saturated carbocycles. The van der Waals surface area contributed by atoms with E-state index in [1.165, 1.54) is 0 Å². The standard InChI is InChI=1S/C7H13F2NO2/c1-7(2)11-3-4(12-7)5(10)6(8)9/h4-6H,3,10H2,1-2H3. The van der Waals surface area contributed by atoms with Crippen LogP contribution in [-0.4, -0.2) is 31.0 Å². The summed E-state index contributed by atoms with van der Waals surface area (Å²) in [6.45, 7) is 3.48.